The molecule has 1 aromatic carbocycles. The Kier molecular flexibility index (Phi) is 8.47. The van der Waals surface area contributed by atoms with Crippen molar-refractivity contribution in [1.82, 2.24) is 5.32 Å². The Morgan fingerprint density at radius 3 is 2.00 bits per heavy atom. The van der Waals surface area contributed by atoms with E-state index in [9.17, 15) is 0 Å². The number of nitrogens with two attached hydrogens (primary N) is 1. The summed E-state index contributed by atoms with van der Waals surface area (Å²) in [6, 6.07) is 8.03. The van der Waals surface area contributed by atoms with Crippen molar-refractivity contribution in [2.24, 2.45) is 5.41 Å². The largest absolute Gasteiger partial charge is 0.399 e. The maximum Gasteiger partial charge on any atom is 0.0314 e. The van der Waals surface area contributed by atoms with E-state index >= 15 is 0 Å². The first-order valence-electron chi connectivity index (χ1n) is 6.94. The van der Waals surface area contributed by atoms with Crippen LogP contribution < -0.4 is 11.1 Å². The first kappa shape index (κ1) is 17.0. The Bertz CT molecular complexity index is 296. The van der Waals surface area contributed by atoms with Crippen LogP contribution in [-0.4, -0.2) is 6.54 Å². The van der Waals surface area contributed by atoms with Crippen LogP contribution in [0.1, 0.15) is 53.0 Å². The van der Waals surface area contributed by atoms with Crippen LogP contribution in [0, 0.1) is 5.41 Å². The third-order valence-corrected chi connectivity index (χ3v) is 2.36. The summed E-state index contributed by atoms with van der Waals surface area (Å²) in [5.74, 6) is 0. The summed E-state index contributed by atoms with van der Waals surface area (Å²) in [6.45, 7) is 13.0. The predicted molar refractivity (Wildman–Crippen MR) is 82.6 cm³/mol. The van der Waals surface area contributed by atoms with Gasteiger partial charge in [-0.1, -0.05) is 53.2 Å². The van der Waals surface area contributed by atoms with Crippen molar-refractivity contribution in [2.45, 2.75) is 54.0 Å². The highest BCUT2D eigenvalue weighted by Gasteiger charge is 2.08. The normalized spacial score (nSPS) is 10.7. The summed E-state index contributed by atoms with van der Waals surface area (Å²) in [4.78, 5) is 0. The topological polar surface area (TPSA) is 38.0 Å². The van der Waals surface area contributed by atoms with Gasteiger partial charge in [0.2, 0.25) is 0 Å². The van der Waals surface area contributed by atoms with Gasteiger partial charge in [0.15, 0.2) is 0 Å². The van der Waals surface area contributed by atoms with Crippen LogP contribution in [0.4, 0.5) is 5.69 Å². The number of hydrogen-bond donors (Lipinski definition) is 2. The smallest absolute Gasteiger partial charge is 0.0314 e. The Labute approximate surface area is 113 Å². The molecule has 0 aromatic heterocycles. The highest BCUT2D eigenvalue weighted by molar-refractivity contribution is 5.39. The minimum absolute atomic E-state index is 0.411. The average Bonchev–Trinajstić information content (AvgIpc) is 2.27. The summed E-state index contributed by atoms with van der Waals surface area (Å²) in [7, 11) is 0. The molecule has 0 bridgehead atoms. The molecule has 2 nitrogen and oxygen atoms in total. The standard InChI is InChI=1S/C13H22N2.C3H8/c1-13(2,3)8-9-15-10-11-4-6-12(14)7-5-11;1-3-2/h4-7,15H,8-10,14H2,1-3H3;3H2,1-2H3. The van der Waals surface area contributed by atoms with Crippen molar-refractivity contribution in [2.75, 3.05) is 12.3 Å². The molecule has 0 saturated carbocycles. The van der Waals surface area contributed by atoms with Crippen LogP contribution in [-0.2, 0) is 6.54 Å². The molecule has 0 aliphatic rings. The number of hydrogen-bond acceptors (Lipinski definition) is 2. The molecule has 0 aliphatic heterocycles. The van der Waals surface area contributed by atoms with Crippen molar-refractivity contribution in [1.29, 1.82) is 0 Å². The van der Waals surface area contributed by atoms with E-state index in [1.54, 1.807) is 0 Å². The SMILES string of the molecule is CC(C)(C)CCNCc1ccc(N)cc1.CCC. The molecule has 3 N–H and O–H groups in total. The van der Waals surface area contributed by atoms with E-state index < -0.39 is 0 Å². The second-order valence-corrected chi connectivity index (χ2v) is 5.94. The van der Waals surface area contributed by atoms with Crippen LogP contribution in [0.5, 0.6) is 0 Å². The first-order valence-corrected chi connectivity index (χ1v) is 6.94. The lowest BCUT2D eigenvalue weighted by Gasteiger charge is -2.18. The van der Waals surface area contributed by atoms with Gasteiger partial charge in [0, 0.05) is 12.2 Å². The molecule has 2 heteroatoms. The monoisotopic (exact) mass is 250 g/mol. The van der Waals surface area contributed by atoms with Gasteiger partial charge in [0.25, 0.3) is 0 Å². The zero-order chi connectivity index (χ0) is 14.0. The third-order valence-electron chi connectivity index (χ3n) is 2.36. The van der Waals surface area contributed by atoms with Crippen molar-refractivity contribution >= 4 is 5.69 Å². The van der Waals surface area contributed by atoms with E-state index in [2.05, 4.69) is 52.1 Å². The van der Waals surface area contributed by atoms with Gasteiger partial charge in [-0.25, -0.2) is 0 Å². The lowest BCUT2D eigenvalue weighted by molar-refractivity contribution is 0.366. The predicted octanol–water partition coefficient (Wildman–Crippen LogP) is 4.21. The van der Waals surface area contributed by atoms with Gasteiger partial charge in [0.05, 0.1) is 0 Å². The van der Waals surface area contributed by atoms with Gasteiger partial charge in [-0.05, 0) is 36.1 Å². The lowest BCUT2D eigenvalue weighted by Crippen LogP contribution is -2.20. The van der Waals surface area contributed by atoms with E-state index in [4.69, 9.17) is 5.73 Å². The first-order chi connectivity index (χ1) is 8.39. The molecular formula is C16H30N2. The van der Waals surface area contributed by atoms with Gasteiger partial charge < -0.3 is 11.1 Å². The van der Waals surface area contributed by atoms with E-state index in [-0.39, 0.29) is 0 Å². The Balaban J connectivity index is 0.000000873. The van der Waals surface area contributed by atoms with Crippen LogP contribution >= 0.6 is 0 Å². The molecule has 0 amide bonds. The molecule has 0 radical (unpaired) electrons. The molecule has 18 heavy (non-hydrogen) atoms. The van der Waals surface area contributed by atoms with Gasteiger partial charge in [-0.15, -0.1) is 0 Å². The van der Waals surface area contributed by atoms with Crippen molar-refractivity contribution in [3.63, 3.8) is 0 Å². The van der Waals surface area contributed by atoms with E-state index in [1.807, 2.05) is 12.1 Å². The van der Waals surface area contributed by atoms with Gasteiger partial charge in [-0.3, -0.25) is 0 Å². The molecule has 0 heterocycles. The summed E-state index contributed by atoms with van der Waals surface area (Å²) < 4.78 is 0. The van der Waals surface area contributed by atoms with Crippen LogP contribution in [0.25, 0.3) is 0 Å². The maximum absolute atomic E-state index is 5.62. The minimum Gasteiger partial charge on any atom is -0.399 e. The second kappa shape index (κ2) is 8.98. The van der Waals surface area contributed by atoms with Gasteiger partial charge in [0.1, 0.15) is 0 Å². The maximum atomic E-state index is 5.62. The molecule has 104 valence electrons. The molecule has 1 aromatic rings. The van der Waals surface area contributed by atoms with Crippen LogP contribution in [0.15, 0.2) is 24.3 Å². The number of rotatable bonds is 4. The molecule has 0 spiro atoms. The molecule has 0 atom stereocenters. The number of nitrogens with one attached hydrogen (secondary N) is 1. The summed E-state index contributed by atoms with van der Waals surface area (Å²) >= 11 is 0. The number of nitrogen functional groups attached to an aromatic ring is 1. The molecule has 0 aliphatic carbocycles. The van der Waals surface area contributed by atoms with E-state index in [0.29, 0.717) is 5.41 Å². The highest BCUT2D eigenvalue weighted by Crippen LogP contribution is 2.17. The number of benzene rings is 1. The summed E-state index contributed by atoms with van der Waals surface area (Å²) in [5, 5.41) is 3.44. The highest BCUT2D eigenvalue weighted by atomic mass is 14.8. The van der Waals surface area contributed by atoms with Crippen molar-refractivity contribution < 1.29 is 0 Å². The van der Waals surface area contributed by atoms with E-state index in [0.717, 1.165) is 18.8 Å². The van der Waals surface area contributed by atoms with Crippen molar-refractivity contribution in [3.8, 4) is 0 Å². The fourth-order valence-corrected chi connectivity index (χ4v) is 1.33. The second-order valence-electron chi connectivity index (χ2n) is 5.94. The summed E-state index contributed by atoms with van der Waals surface area (Å²) in [5.41, 5.74) is 8.15. The fourth-order valence-electron chi connectivity index (χ4n) is 1.33. The molecule has 0 saturated heterocycles. The van der Waals surface area contributed by atoms with E-state index in [1.165, 1.54) is 18.4 Å². The zero-order valence-corrected chi connectivity index (χ0v) is 12.7. The molecular weight excluding hydrogens is 220 g/mol. The molecule has 0 unspecified atom stereocenters. The number of anilines is 1. The Hall–Kier alpha value is -1.02. The fraction of sp³-hybridized carbons (Fsp3) is 0.625. The van der Waals surface area contributed by atoms with Crippen molar-refractivity contribution in [3.05, 3.63) is 29.8 Å². The zero-order valence-electron chi connectivity index (χ0n) is 12.7. The minimum atomic E-state index is 0.411. The summed E-state index contributed by atoms with van der Waals surface area (Å²) in [6.07, 6.45) is 2.45. The molecule has 1 rings (SSSR count). The van der Waals surface area contributed by atoms with Crippen LogP contribution in [0.2, 0.25) is 0 Å². The quantitative estimate of drug-likeness (QED) is 0.620. The third kappa shape index (κ3) is 10.2. The Morgan fingerprint density at radius 2 is 1.56 bits per heavy atom. The lowest BCUT2D eigenvalue weighted by atomic mass is 9.92. The molecule has 0 fully saturated rings. The van der Waals surface area contributed by atoms with Gasteiger partial charge >= 0.3 is 0 Å². The van der Waals surface area contributed by atoms with Crippen LogP contribution in [0.3, 0.4) is 0 Å². The Morgan fingerprint density at radius 1 is 1.06 bits per heavy atom. The van der Waals surface area contributed by atoms with Gasteiger partial charge in [-0.2, -0.15) is 0 Å². The average molecular weight is 250 g/mol.